The van der Waals surface area contributed by atoms with Crippen molar-refractivity contribution in [3.8, 4) is 5.75 Å². The molecule has 0 atom stereocenters. The van der Waals surface area contributed by atoms with Gasteiger partial charge in [0.05, 0.1) is 6.10 Å². The number of nitrogens with zero attached hydrogens (tertiary/aromatic N) is 1. The fraction of sp³-hybridized carbons (Fsp3) is 0.333. The average molecular weight is 305 g/mol. The highest BCUT2D eigenvalue weighted by Gasteiger charge is 2.27. The lowest BCUT2D eigenvalue weighted by Crippen LogP contribution is -2.07. The molecule has 1 fully saturated rings. The standard InChI is InChI=1S/C9H8INO3/c10-8-7(14-5-1-2-5)6(9(12)13)3-4-11-8/h3-5H,1-2H2,(H,12,13). The molecule has 0 aliphatic heterocycles. The average Bonchev–Trinajstić information content (AvgIpc) is 2.91. The number of rotatable bonds is 3. The molecule has 1 aromatic rings. The summed E-state index contributed by atoms with van der Waals surface area (Å²) in [5, 5.41) is 8.91. The maximum atomic E-state index is 10.9. The molecule has 14 heavy (non-hydrogen) atoms. The monoisotopic (exact) mass is 305 g/mol. The molecule has 5 heteroatoms. The minimum atomic E-state index is -0.971. The van der Waals surface area contributed by atoms with E-state index in [0.29, 0.717) is 9.45 Å². The molecule has 0 radical (unpaired) electrons. The van der Waals surface area contributed by atoms with Crippen LogP contribution >= 0.6 is 22.6 Å². The van der Waals surface area contributed by atoms with Crippen molar-refractivity contribution < 1.29 is 14.6 Å². The van der Waals surface area contributed by atoms with Crippen LogP contribution in [0.4, 0.5) is 0 Å². The fourth-order valence-corrected chi connectivity index (χ4v) is 1.63. The third kappa shape index (κ3) is 1.97. The third-order valence-corrected chi connectivity index (χ3v) is 2.67. The first-order valence-electron chi connectivity index (χ1n) is 4.23. The van der Waals surface area contributed by atoms with E-state index in [-0.39, 0.29) is 11.7 Å². The summed E-state index contributed by atoms with van der Waals surface area (Å²) in [6, 6.07) is 1.46. The molecule has 1 aromatic heterocycles. The molecular weight excluding hydrogens is 297 g/mol. The summed E-state index contributed by atoms with van der Waals surface area (Å²) in [6.45, 7) is 0. The van der Waals surface area contributed by atoms with Crippen LogP contribution in [-0.2, 0) is 0 Å². The maximum absolute atomic E-state index is 10.9. The van der Waals surface area contributed by atoms with Gasteiger partial charge in [-0.2, -0.15) is 0 Å². The predicted molar refractivity (Wildman–Crippen MR) is 57.6 cm³/mol. The van der Waals surface area contributed by atoms with Gasteiger partial charge in [-0.05, 0) is 41.5 Å². The Labute approximate surface area is 94.4 Å². The van der Waals surface area contributed by atoms with Gasteiger partial charge < -0.3 is 9.84 Å². The lowest BCUT2D eigenvalue weighted by Gasteiger charge is -2.08. The molecule has 1 heterocycles. The number of pyridine rings is 1. The molecule has 0 unspecified atom stereocenters. The van der Waals surface area contributed by atoms with Crippen LogP contribution in [0.5, 0.6) is 5.75 Å². The number of carbonyl (C=O) groups is 1. The van der Waals surface area contributed by atoms with E-state index in [1.54, 1.807) is 0 Å². The topological polar surface area (TPSA) is 59.4 Å². The molecule has 1 saturated carbocycles. The molecule has 0 spiro atoms. The number of hydrogen-bond donors (Lipinski definition) is 1. The second-order valence-electron chi connectivity index (χ2n) is 3.10. The number of hydrogen-bond acceptors (Lipinski definition) is 3. The molecule has 1 aliphatic rings. The smallest absolute Gasteiger partial charge is 0.339 e. The highest BCUT2D eigenvalue weighted by atomic mass is 127. The highest BCUT2D eigenvalue weighted by molar-refractivity contribution is 14.1. The van der Waals surface area contributed by atoms with Gasteiger partial charge in [-0.25, -0.2) is 9.78 Å². The Hall–Kier alpha value is -0.850. The molecule has 1 aliphatic carbocycles. The van der Waals surface area contributed by atoms with Crippen molar-refractivity contribution >= 4 is 28.6 Å². The lowest BCUT2D eigenvalue weighted by molar-refractivity contribution is 0.0691. The van der Waals surface area contributed by atoms with Gasteiger partial charge in [0.2, 0.25) is 0 Å². The maximum Gasteiger partial charge on any atom is 0.339 e. The van der Waals surface area contributed by atoms with Gasteiger partial charge in [0, 0.05) is 6.20 Å². The Morgan fingerprint density at radius 3 is 2.93 bits per heavy atom. The number of carboxylic acid groups (broad SMARTS) is 1. The molecule has 74 valence electrons. The zero-order valence-electron chi connectivity index (χ0n) is 7.24. The van der Waals surface area contributed by atoms with Gasteiger partial charge in [-0.1, -0.05) is 0 Å². The Bertz CT molecular complexity index is 376. The molecule has 0 bridgehead atoms. The number of aromatic carboxylic acids is 1. The lowest BCUT2D eigenvalue weighted by atomic mass is 10.2. The summed E-state index contributed by atoms with van der Waals surface area (Å²) in [5.74, 6) is -0.566. The third-order valence-electron chi connectivity index (χ3n) is 1.90. The van der Waals surface area contributed by atoms with E-state index in [2.05, 4.69) is 4.98 Å². The zero-order valence-corrected chi connectivity index (χ0v) is 9.39. The fourth-order valence-electron chi connectivity index (χ4n) is 1.06. The van der Waals surface area contributed by atoms with Gasteiger partial charge >= 0.3 is 5.97 Å². The minimum absolute atomic E-state index is 0.186. The molecule has 0 aromatic carbocycles. The van der Waals surface area contributed by atoms with Crippen LogP contribution in [0, 0.1) is 3.70 Å². The van der Waals surface area contributed by atoms with Crippen LogP contribution in [0.15, 0.2) is 12.3 Å². The summed E-state index contributed by atoms with van der Waals surface area (Å²) in [4.78, 5) is 14.9. The normalized spacial score (nSPS) is 15.2. The summed E-state index contributed by atoms with van der Waals surface area (Å²) in [7, 11) is 0. The molecule has 2 rings (SSSR count). The van der Waals surface area contributed by atoms with Crippen molar-refractivity contribution in [3.05, 3.63) is 21.5 Å². The summed E-state index contributed by atoms with van der Waals surface area (Å²) >= 11 is 1.98. The van der Waals surface area contributed by atoms with Crippen molar-refractivity contribution in [1.82, 2.24) is 4.98 Å². The number of halogens is 1. The van der Waals surface area contributed by atoms with Crippen LogP contribution in [0.2, 0.25) is 0 Å². The Balaban J connectivity index is 2.36. The Morgan fingerprint density at radius 1 is 1.64 bits per heavy atom. The first-order valence-corrected chi connectivity index (χ1v) is 5.31. The van der Waals surface area contributed by atoms with Crippen molar-refractivity contribution in [1.29, 1.82) is 0 Å². The van der Waals surface area contributed by atoms with E-state index in [1.807, 2.05) is 22.6 Å². The zero-order chi connectivity index (χ0) is 10.1. The van der Waals surface area contributed by atoms with Crippen LogP contribution in [-0.4, -0.2) is 22.2 Å². The van der Waals surface area contributed by atoms with Gasteiger partial charge in [0.1, 0.15) is 9.26 Å². The number of carboxylic acids is 1. The first-order chi connectivity index (χ1) is 6.68. The minimum Gasteiger partial charge on any atom is -0.487 e. The second kappa shape index (κ2) is 3.72. The van der Waals surface area contributed by atoms with Gasteiger partial charge in [0.25, 0.3) is 0 Å². The Morgan fingerprint density at radius 2 is 2.36 bits per heavy atom. The van der Waals surface area contributed by atoms with Crippen LogP contribution in [0.1, 0.15) is 23.2 Å². The van der Waals surface area contributed by atoms with Gasteiger partial charge in [-0.15, -0.1) is 0 Å². The highest BCUT2D eigenvalue weighted by Crippen LogP contribution is 2.31. The van der Waals surface area contributed by atoms with Crippen molar-refractivity contribution in [2.75, 3.05) is 0 Å². The summed E-state index contributed by atoms with van der Waals surface area (Å²) < 4.78 is 6.10. The van der Waals surface area contributed by atoms with Crippen molar-refractivity contribution in [3.63, 3.8) is 0 Å². The van der Waals surface area contributed by atoms with Crippen LogP contribution in [0.3, 0.4) is 0 Å². The molecule has 4 nitrogen and oxygen atoms in total. The van der Waals surface area contributed by atoms with E-state index in [4.69, 9.17) is 9.84 Å². The van der Waals surface area contributed by atoms with E-state index in [0.717, 1.165) is 12.8 Å². The van der Waals surface area contributed by atoms with Gasteiger partial charge in [0.15, 0.2) is 5.75 Å². The first kappa shape index (κ1) is 9.70. The van der Waals surface area contributed by atoms with E-state index in [9.17, 15) is 4.79 Å². The van der Waals surface area contributed by atoms with E-state index < -0.39 is 5.97 Å². The largest absolute Gasteiger partial charge is 0.487 e. The van der Waals surface area contributed by atoms with E-state index in [1.165, 1.54) is 12.3 Å². The van der Waals surface area contributed by atoms with Crippen LogP contribution in [0.25, 0.3) is 0 Å². The predicted octanol–water partition coefficient (Wildman–Crippen LogP) is 1.93. The Kier molecular flexibility index (Phi) is 2.58. The second-order valence-corrected chi connectivity index (χ2v) is 4.12. The van der Waals surface area contributed by atoms with Crippen molar-refractivity contribution in [2.24, 2.45) is 0 Å². The molecular formula is C9H8INO3. The number of ether oxygens (including phenoxy) is 1. The quantitative estimate of drug-likeness (QED) is 0.685. The number of aromatic nitrogens is 1. The molecule has 0 saturated heterocycles. The summed E-state index contributed by atoms with van der Waals surface area (Å²) in [6.07, 6.45) is 3.67. The summed E-state index contributed by atoms with van der Waals surface area (Å²) in [5.41, 5.74) is 0.191. The molecule has 1 N–H and O–H groups in total. The van der Waals surface area contributed by atoms with E-state index >= 15 is 0 Å². The van der Waals surface area contributed by atoms with Crippen molar-refractivity contribution in [2.45, 2.75) is 18.9 Å². The van der Waals surface area contributed by atoms with Crippen LogP contribution < -0.4 is 4.74 Å². The van der Waals surface area contributed by atoms with Gasteiger partial charge in [-0.3, -0.25) is 0 Å². The SMILES string of the molecule is O=C(O)c1ccnc(I)c1OC1CC1. The molecule has 0 amide bonds.